The van der Waals surface area contributed by atoms with Crippen LogP contribution < -0.4 is 21.1 Å². The highest BCUT2D eigenvalue weighted by Gasteiger charge is 2.58. The van der Waals surface area contributed by atoms with Crippen molar-refractivity contribution < 1.29 is 19.1 Å². The molecule has 2 saturated heterocycles. The van der Waals surface area contributed by atoms with Gasteiger partial charge in [0.25, 0.3) is 0 Å². The maximum absolute atomic E-state index is 13.2. The van der Waals surface area contributed by atoms with Gasteiger partial charge in [0.1, 0.15) is 17.1 Å². The van der Waals surface area contributed by atoms with Crippen LogP contribution in [0.3, 0.4) is 0 Å². The fourth-order valence-electron chi connectivity index (χ4n) is 4.94. The number of ether oxygens (including phenoxy) is 1. The molecule has 0 radical (unpaired) electrons. The summed E-state index contributed by atoms with van der Waals surface area (Å²) >= 11 is 1.43. The number of hydrogen-bond donors (Lipinski definition) is 4. The summed E-state index contributed by atoms with van der Waals surface area (Å²) in [7, 11) is 0. The van der Waals surface area contributed by atoms with Crippen LogP contribution in [0.25, 0.3) is 0 Å². The lowest BCUT2D eigenvalue weighted by molar-refractivity contribution is -0.144. The van der Waals surface area contributed by atoms with Crippen LogP contribution in [0.2, 0.25) is 0 Å². The first kappa shape index (κ1) is 24.7. The van der Waals surface area contributed by atoms with Crippen molar-refractivity contribution in [1.82, 2.24) is 15.5 Å². The van der Waals surface area contributed by atoms with Crippen LogP contribution >= 0.6 is 11.3 Å². The SMILES string of the molecule is N=C(N)c1csc(CNC(=O)C23CCC(CC2)N3C(=O)CNC(=O)CCCOc2ccccc2)c1. The van der Waals surface area contributed by atoms with E-state index in [0.29, 0.717) is 38.0 Å². The summed E-state index contributed by atoms with van der Waals surface area (Å²) in [6, 6.07) is 11.2. The Hall–Kier alpha value is -3.40. The molecular formula is C25H31N5O4S. The van der Waals surface area contributed by atoms with Crippen molar-refractivity contribution in [3.05, 3.63) is 52.2 Å². The van der Waals surface area contributed by atoms with Crippen molar-refractivity contribution in [1.29, 1.82) is 5.41 Å². The second kappa shape index (κ2) is 10.9. The monoisotopic (exact) mass is 497 g/mol. The maximum atomic E-state index is 13.2. The van der Waals surface area contributed by atoms with Gasteiger partial charge in [0.15, 0.2) is 0 Å². The molecule has 2 aliphatic rings. The minimum Gasteiger partial charge on any atom is -0.494 e. The second-order valence-corrected chi connectivity index (χ2v) is 9.96. The van der Waals surface area contributed by atoms with Crippen LogP contribution in [0.15, 0.2) is 41.8 Å². The molecule has 2 aromatic rings. The number of thiophene rings is 1. The quantitative estimate of drug-likeness (QED) is 0.214. The molecule has 35 heavy (non-hydrogen) atoms. The zero-order chi connectivity index (χ0) is 24.8. The first-order valence-corrected chi connectivity index (χ1v) is 12.7. The van der Waals surface area contributed by atoms with E-state index in [9.17, 15) is 14.4 Å². The summed E-state index contributed by atoms with van der Waals surface area (Å²) in [4.78, 5) is 41.1. The molecule has 4 rings (SSSR count). The number of carbonyl (C=O) groups excluding carboxylic acids is 3. The highest BCUT2D eigenvalue weighted by atomic mass is 32.1. The third-order valence-corrected chi connectivity index (χ3v) is 7.62. The van der Waals surface area contributed by atoms with Crippen molar-refractivity contribution >= 4 is 34.9 Å². The van der Waals surface area contributed by atoms with E-state index in [1.54, 1.807) is 16.3 Å². The van der Waals surface area contributed by atoms with Gasteiger partial charge in [-0.2, -0.15) is 0 Å². The van der Waals surface area contributed by atoms with Crippen LogP contribution in [-0.2, 0) is 20.9 Å². The van der Waals surface area contributed by atoms with E-state index in [2.05, 4.69) is 10.6 Å². The number of carbonyl (C=O) groups is 3. The van der Waals surface area contributed by atoms with Gasteiger partial charge in [-0.05, 0) is 50.3 Å². The van der Waals surface area contributed by atoms with Gasteiger partial charge in [0.2, 0.25) is 17.7 Å². The van der Waals surface area contributed by atoms with E-state index < -0.39 is 5.54 Å². The highest BCUT2D eigenvalue weighted by Crippen LogP contribution is 2.46. The van der Waals surface area contributed by atoms with Gasteiger partial charge >= 0.3 is 0 Å². The molecule has 3 amide bonds. The third kappa shape index (κ3) is 5.64. The van der Waals surface area contributed by atoms with Crippen LogP contribution in [0.1, 0.15) is 49.0 Å². The normalized spacial score (nSPS) is 20.5. The van der Waals surface area contributed by atoms with E-state index in [4.69, 9.17) is 15.9 Å². The Kier molecular flexibility index (Phi) is 7.70. The molecular weight excluding hydrogens is 466 g/mol. The molecule has 0 spiro atoms. The molecule has 2 bridgehead atoms. The Morgan fingerprint density at radius 1 is 1.17 bits per heavy atom. The molecule has 9 nitrogen and oxygen atoms in total. The molecule has 0 atom stereocenters. The summed E-state index contributed by atoms with van der Waals surface area (Å²) in [5.41, 5.74) is 5.30. The van der Waals surface area contributed by atoms with Gasteiger partial charge < -0.3 is 26.0 Å². The fraction of sp³-hybridized carbons (Fsp3) is 0.440. The van der Waals surface area contributed by atoms with Crippen LogP contribution in [-0.4, -0.2) is 53.2 Å². The molecule has 1 aromatic heterocycles. The smallest absolute Gasteiger partial charge is 0.246 e. The zero-order valence-corrected chi connectivity index (χ0v) is 20.4. The highest BCUT2D eigenvalue weighted by molar-refractivity contribution is 7.10. The number of rotatable bonds is 11. The number of nitrogens with zero attached hydrogens (tertiary/aromatic N) is 1. The number of fused-ring (bicyclic) bond motifs is 2. The van der Waals surface area contributed by atoms with Crippen LogP contribution in [0.5, 0.6) is 5.75 Å². The summed E-state index contributed by atoms with van der Waals surface area (Å²) in [5.74, 6) is 0.167. The number of para-hydroxylation sites is 1. The fourth-order valence-corrected chi connectivity index (χ4v) is 5.77. The summed E-state index contributed by atoms with van der Waals surface area (Å²) < 4.78 is 5.59. The van der Waals surface area contributed by atoms with Crippen molar-refractivity contribution in [3.8, 4) is 5.75 Å². The Morgan fingerprint density at radius 2 is 1.91 bits per heavy atom. The molecule has 5 N–H and O–H groups in total. The number of nitrogen functional groups attached to an aromatic ring is 1. The second-order valence-electron chi connectivity index (χ2n) is 8.97. The molecule has 10 heteroatoms. The Bertz CT molecular complexity index is 1080. The van der Waals surface area contributed by atoms with E-state index in [1.165, 1.54) is 11.3 Å². The maximum Gasteiger partial charge on any atom is 0.246 e. The van der Waals surface area contributed by atoms with E-state index in [-0.39, 0.29) is 42.6 Å². The summed E-state index contributed by atoms with van der Waals surface area (Å²) in [6.45, 7) is 0.630. The number of hydrogen-bond acceptors (Lipinski definition) is 6. The minimum absolute atomic E-state index is 0.00520. The first-order valence-electron chi connectivity index (χ1n) is 11.9. The van der Waals surface area contributed by atoms with E-state index in [0.717, 1.165) is 23.5 Å². The van der Waals surface area contributed by atoms with Gasteiger partial charge in [-0.25, -0.2) is 0 Å². The topological polar surface area (TPSA) is 138 Å². The number of nitrogens with one attached hydrogen (secondary N) is 3. The predicted octanol–water partition coefficient (Wildman–Crippen LogP) is 2.15. The minimum atomic E-state index is -0.851. The van der Waals surface area contributed by atoms with Crippen molar-refractivity contribution in [2.45, 2.75) is 56.7 Å². The number of amides is 3. The van der Waals surface area contributed by atoms with E-state index >= 15 is 0 Å². The molecule has 0 saturated carbocycles. The Balaban J connectivity index is 1.24. The van der Waals surface area contributed by atoms with Crippen LogP contribution in [0.4, 0.5) is 0 Å². The van der Waals surface area contributed by atoms with E-state index in [1.807, 2.05) is 30.3 Å². The van der Waals surface area contributed by atoms with Gasteiger partial charge in [0.05, 0.1) is 19.7 Å². The lowest BCUT2D eigenvalue weighted by atomic mass is 9.87. The molecule has 0 aliphatic carbocycles. The third-order valence-electron chi connectivity index (χ3n) is 6.68. The zero-order valence-electron chi connectivity index (χ0n) is 19.5. The van der Waals surface area contributed by atoms with Gasteiger partial charge in [-0.3, -0.25) is 19.8 Å². The lowest BCUT2D eigenvalue weighted by Gasteiger charge is -2.33. The molecule has 3 heterocycles. The molecule has 2 aliphatic heterocycles. The standard InChI is InChI=1S/C25H31N5O4S/c26-23(27)17-13-20(35-16-17)14-29-24(33)25-10-8-18(9-11-25)30(25)22(32)15-28-21(31)7-4-12-34-19-5-2-1-3-6-19/h1-3,5-6,13,16,18H,4,7-12,14-15H2,(H3,26,27)(H,28,31)(H,29,33). The lowest BCUT2D eigenvalue weighted by Crippen LogP contribution is -2.57. The largest absolute Gasteiger partial charge is 0.494 e. The average Bonchev–Trinajstić information content (AvgIpc) is 3.59. The Morgan fingerprint density at radius 3 is 2.60 bits per heavy atom. The number of nitrogens with two attached hydrogens (primary N) is 1. The predicted molar refractivity (Wildman–Crippen MR) is 133 cm³/mol. The Labute approximate surface area is 208 Å². The van der Waals surface area contributed by atoms with Gasteiger partial charge in [-0.1, -0.05) is 18.2 Å². The molecule has 186 valence electrons. The number of amidine groups is 1. The van der Waals surface area contributed by atoms with Crippen LogP contribution in [0, 0.1) is 5.41 Å². The molecule has 1 aromatic carbocycles. The summed E-state index contributed by atoms with van der Waals surface area (Å²) in [5, 5.41) is 15.0. The summed E-state index contributed by atoms with van der Waals surface area (Å²) in [6.07, 6.45) is 3.64. The van der Waals surface area contributed by atoms with Gasteiger partial charge in [0, 0.05) is 28.3 Å². The number of benzene rings is 1. The average molecular weight is 498 g/mol. The van der Waals surface area contributed by atoms with Crippen molar-refractivity contribution in [2.75, 3.05) is 13.2 Å². The first-order chi connectivity index (χ1) is 16.9. The van der Waals surface area contributed by atoms with Gasteiger partial charge in [-0.15, -0.1) is 11.3 Å². The van der Waals surface area contributed by atoms with Crippen molar-refractivity contribution in [2.24, 2.45) is 5.73 Å². The molecule has 2 fully saturated rings. The molecule has 0 unspecified atom stereocenters. The van der Waals surface area contributed by atoms with Crippen molar-refractivity contribution in [3.63, 3.8) is 0 Å².